The van der Waals surface area contributed by atoms with Crippen LogP contribution in [0.25, 0.3) is 0 Å². The highest BCUT2D eigenvalue weighted by molar-refractivity contribution is 5.18. The molecule has 0 aliphatic rings. The molecule has 0 unspecified atom stereocenters. The first kappa shape index (κ1) is 11.7. The maximum atomic E-state index is 13.2. The Hall–Kier alpha value is -1.38. The highest BCUT2D eigenvalue weighted by Crippen LogP contribution is 2.14. The number of rotatable bonds is 5. The van der Waals surface area contributed by atoms with Gasteiger partial charge in [-0.05, 0) is 36.6 Å². The Morgan fingerprint density at radius 2 is 2.13 bits per heavy atom. The number of hydrogen-bond donors (Lipinski definition) is 0. The molecule has 1 aromatic rings. The van der Waals surface area contributed by atoms with E-state index in [0.717, 1.165) is 12.1 Å². The van der Waals surface area contributed by atoms with Gasteiger partial charge in [-0.25, -0.2) is 8.78 Å². The average Bonchev–Trinajstić information content (AvgIpc) is 2.23. The van der Waals surface area contributed by atoms with Gasteiger partial charge < -0.3 is 4.74 Å². The van der Waals surface area contributed by atoms with Gasteiger partial charge in [0.1, 0.15) is 11.6 Å². The van der Waals surface area contributed by atoms with Crippen LogP contribution in [0.1, 0.15) is 18.4 Å². The number of methoxy groups -OCH3 is 1. The van der Waals surface area contributed by atoms with Gasteiger partial charge in [-0.3, -0.25) is 0 Å². The molecule has 0 heterocycles. The molecule has 0 amide bonds. The Balaban J connectivity index is 2.50. The van der Waals surface area contributed by atoms with E-state index in [0.29, 0.717) is 30.6 Å². The normalized spacial score (nSPS) is 10.1. The summed E-state index contributed by atoms with van der Waals surface area (Å²) in [6.45, 7) is 3.65. The third-order valence-electron chi connectivity index (χ3n) is 2.20. The quantitative estimate of drug-likeness (QED) is 0.679. The van der Waals surface area contributed by atoms with Crippen LogP contribution in [-0.4, -0.2) is 7.11 Å². The van der Waals surface area contributed by atoms with Crippen LogP contribution in [0.15, 0.2) is 30.5 Å². The molecule has 0 N–H and O–H groups in total. The molecule has 3 heteroatoms. The van der Waals surface area contributed by atoms with Crippen molar-refractivity contribution in [3.63, 3.8) is 0 Å². The zero-order chi connectivity index (χ0) is 11.3. The van der Waals surface area contributed by atoms with E-state index in [9.17, 15) is 8.78 Å². The highest BCUT2D eigenvalue weighted by atomic mass is 19.1. The molecule has 1 nitrogen and oxygen atoms in total. The number of aryl methyl sites for hydroxylation is 1. The molecule has 0 aliphatic heterocycles. The molecule has 15 heavy (non-hydrogen) atoms. The van der Waals surface area contributed by atoms with Crippen molar-refractivity contribution in [3.05, 3.63) is 47.7 Å². The molecule has 0 radical (unpaired) electrons. The van der Waals surface area contributed by atoms with Gasteiger partial charge in [0.15, 0.2) is 0 Å². The van der Waals surface area contributed by atoms with E-state index in [2.05, 4.69) is 6.58 Å². The van der Waals surface area contributed by atoms with Gasteiger partial charge in [-0.1, -0.05) is 6.58 Å². The van der Waals surface area contributed by atoms with E-state index in [1.807, 2.05) is 0 Å². The lowest BCUT2D eigenvalue weighted by molar-refractivity contribution is 0.277. The van der Waals surface area contributed by atoms with Crippen molar-refractivity contribution in [2.45, 2.75) is 19.3 Å². The van der Waals surface area contributed by atoms with Crippen LogP contribution in [0, 0.1) is 11.6 Å². The molecule has 0 saturated carbocycles. The summed E-state index contributed by atoms with van der Waals surface area (Å²) in [6.07, 6.45) is 1.85. The fourth-order valence-corrected chi connectivity index (χ4v) is 1.31. The summed E-state index contributed by atoms with van der Waals surface area (Å²) in [5, 5.41) is 0. The molecule has 0 fully saturated rings. The fourth-order valence-electron chi connectivity index (χ4n) is 1.31. The second-order valence-electron chi connectivity index (χ2n) is 3.33. The molecular formula is C12H14F2O. The molecule has 0 saturated heterocycles. The van der Waals surface area contributed by atoms with Crippen LogP contribution < -0.4 is 0 Å². The molecule has 1 rings (SSSR count). The van der Waals surface area contributed by atoms with Gasteiger partial charge in [0.05, 0.1) is 12.9 Å². The lowest BCUT2D eigenvalue weighted by atomic mass is 10.1. The predicted octanol–water partition coefficient (Wildman–Crippen LogP) is 3.45. The van der Waals surface area contributed by atoms with Crippen molar-refractivity contribution >= 4 is 0 Å². The Bertz CT molecular complexity index is 347. The zero-order valence-electron chi connectivity index (χ0n) is 8.72. The Labute approximate surface area is 88.4 Å². The fraction of sp³-hybridized carbons (Fsp3) is 0.333. The third kappa shape index (κ3) is 3.70. The van der Waals surface area contributed by atoms with E-state index in [4.69, 9.17) is 4.74 Å². The van der Waals surface area contributed by atoms with Crippen molar-refractivity contribution < 1.29 is 13.5 Å². The standard InChI is InChI=1S/C12H14F2O/c1-9(15-2)4-3-5-10-8-11(13)6-7-12(10)14/h6-8H,1,3-5H2,2H3. The van der Waals surface area contributed by atoms with E-state index in [1.54, 1.807) is 7.11 Å². The summed E-state index contributed by atoms with van der Waals surface area (Å²) in [7, 11) is 1.55. The number of halogens is 2. The minimum atomic E-state index is -0.406. The molecule has 82 valence electrons. The Kier molecular flexibility index (Phi) is 4.28. The summed E-state index contributed by atoms with van der Waals surface area (Å²) in [4.78, 5) is 0. The van der Waals surface area contributed by atoms with Crippen LogP contribution in [0.5, 0.6) is 0 Å². The number of hydrogen-bond acceptors (Lipinski definition) is 1. The van der Waals surface area contributed by atoms with Gasteiger partial charge in [0, 0.05) is 6.42 Å². The number of benzene rings is 1. The predicted molar refractivity (Wildman–Crippen MR) is 55.4 cm³/mol. The molecule has 0 aliphatic carbocycles. The van der Waals surface area contributed by atoms with Crippen molar-refractivity contribution in [2.24, 2.45) is 0 Å². The Morgan fingerprint density at radius 3 is 2.80 bits per heavy atom. The van der Waals surface area contributed by atoms with Crippen LogP contribution in [-0.2, 0) is 11.2 Å². The summed E-state index contributed by atoms with van der Waals surface area (Å²) < 4.78 is 30.8. The lowest BCUT2D eigenvalue weighted by Gasteiger charge is -2.05. The smallest absolute Gasteiger partial charge is 0.126 e. The van der Waals surface area contributed by atoms with Gasteiger partial charge >= 0.3 is 0 Å². The first-order valence-corrected chi connectivity index (χ1v) is 4.79. The van der Waals surface area contributed by atoms with Gasteiger partial charge in [-0.2, -0.15) is 0 Å². The summed E-state index contributed by atoms with van der Waals surface area (Å²) in [6, 6.07) is 3.49. The van der Waals surface area contributed by atoms with Crippen molar-refractivity contribution in [1.82, 2.24) is 0 Å². The molecule has 1 aromatic carbocycles. The maximum Gasteiger partial charge on any atom is 0.126 e. The molecule has 0 aromatic heterocycles. The highest BCUT2D eigenvalue weighted by Gasteiger charge is 2.03. The van der Waals surface area contributed by atoms with Crippen molar-refractivity contribution in [2.75, 3.05) is 7.11 Å². The monoisotopic (exact) mass is 212 g/mol. The van der Waals surface area contributed by atoms with E-state index in [1.165, 1.54) is 6.07 Å². The number of allylic oxidation sites excluding steroid dienone is 1. The average molecular weight is 212 g/mol. The largest absolute Gasteiger partial charge is 0.502 e. The van der Waals surface area contributed by atoms with Crippen molar-refractivity contribution in [3.8, 4) is 0 Å². The van der Waals surface area contributed by atoms with Crippen LogP contribution >= 0.6 is 0 Å². The van der Waals surface area contributed by atoms with Crippen LogP contribution in [0.3, 0.4) is 0 Å². The van der Waals surface area contributed by atoms with Gasteiger partial charge in [0.2, 0.25) is 0 Å². The first-order chi connectivity index (χ1) is 7.13. The zero-order valence-corrected chi connectivity index (χ0v) is 8.72. The summed E-state index contributed by atoms with van der Waals surface area (Å²) in [5.74, 6) is -0.108. The second kappa shape index (κ2) is 5.49. The summed E-state index contributed by atoms with van der Waals surface area (Å²) >= 11 is 0. The van der Waals surface area contributed by atoms with E-state index in [-0.39, 0.29) is 5.82 Å². The number of ether oxygens (including phenoxy) is 1. The maximum absolute atomic E-state index is 13.2. The van der Waals surface area contributed by atoms with E-state index >= 15 is 0 Å². The molecule has 0 spiro atoms. The molecule has 0 atom stereocenters. The molecule has 0 bridgehead atoms. The Morgan fingerprint density at radius 1 is 1.40 bits per heavy atom. The SMILES string of the molecule is C=C(CCCc1cc(F)ccc1F)OC. The molecular weight excluding hydrogens is 198 g/mol. The summed E-state index contributed by atoms with van der Waals surface area (Å²) in [5.41, 5.74) is 0.402. The first-order valence-electron chi connectivity index (χ1n) is 4.79. The van der Waals surface area contributed by atoms with Crippen LogP contribution in [0.2, 0.25) is 0 Å². The minimum Gasteiger partial charge on any atom is -0.502 e. The topological polar surface area (TPSA) is 9.23 Å². The third-order valence-corrected chi connectivity index (χ3v) is 2.20. The van der Waals surface area contributed by atoms with Gasteiger partial charge in [-0.15, -0.1) is 0 Å². The second-order valence-corrected chi connectivity index (χ2v) is 3.33. The van der Waals surface area contributed by atoms with Crippen molar-refractivity contribution in [1.29, 1.82) is 0 Å². The van der Waals surface area contributed by atoms with Crippen LogP contribution in [0.4, 0.5) is 8.78 Å². The minimum absolute atomic E-state index is 0.362. The van der Waals surface area contributed by atoms with E-state index < -0.39 is 5.82 Å². The van der Waals surface area contributed by atoms with Gasteiger partial charge in [0.25, 0.3) is 0 Å². The lowest BCUT2D eigenvalue weighted by Crippen LogP contribution is -1.94.